The van der Waals surface area contributed by atoms with Crippen LogP contribution in [0.15, 0.2) is 41.2 Å². The summed E-state index contributed by atoms with van der Waals surface area (Å²) < 4.78 is 13.6. The Morgan fingerprint density at radius 3 is 2.15 bits per heavy atom. The normalized spacial score (nSPS) is 14.4. The van der Waals surface area contributed by atoms with Crippen LogP contribution >= 0.6 is 11.6 Å². The molecule has 3 N–H and O–H groups in total. The van der Waals surface area contributed by atoms with E-state index in [1.807, 2.05) is 36.4 Å². The van der Waals surface area contributed by atoms with Gasteiger partial charge < -0.3 is 24.6 Å². The lowest BCUT2D eigenvalue weighted by molar-refractivity contribution is -0.0799. The molecule has 2 aromatic carbocycles. The number of pyridine rings is 1. The number of aryl methyl sites for hydroxylation is 1. The van der Waals surface area contributed by atoms with Gasteiger partial charge in [-0.15, -0.1) is 0 Å². The molecule has 46 heavy (non-hydrogen) atoms. The average Bonchev–Trinajstić information content (AvgIpc) is 2.89. The minimum Gasteiger partial charge on any atom is -0.465 e. The fourth-order valence-corrected chi connectivity index (χ4v) is 7.79. The van der Waals surface area contributed by atoms with Gasteiger partial charge in [0, 0.05) is 42.0 Å². The number of ether oxygens (including phenoxy) is 1. The number of aromatic amines is 1. The standard InChI is InChI=1S/C36H55ClN2O5Si2/c1-23-19-29-28(20-27(33(40)39-29)25(21-38-34(41)42)17-18-45(8,9)10)32(24-13-15-26(37)16-14-24)31(23)30(44-35(2,3)4)22-43-46(11,12)36(5,6)7/h13-16,19-20,25,30,38H,17-18,21-22H2,1-12H3,(H,39,40)(H,41,42)/t25?,30-/m1/s1. The quantitative estimate of drug-likeness (QED) is 0.165. The molecule has 0 fully saturated rings. The zero-order valence-corrected chi connectivity index (χ0v) is 32.7. The van der Waals surface area contributed by atoms with E-state index in [-0.39, 0.29) is 23.1 Å². The van der Waals surface area contributed by atoms with E-state index >= 15 is 0 Å². The molecule has 1 aromatic heterocycles. The summed E-state index contributed by atoms with van der Waals surface area (Å²) in [4.78, 5) is 28.4. The molecule has 0 saturated carbocycles. The van der Waals surface area contributed by atoms with E-state index in [9.17, 15) is 14.7 Å². The third-order valence-corrected chi connectivity index (χ3v) is 15.5. The van der Waals surface area contributed by atoms with E-state index in [2.05, 4.69) is 91.5 Å². The molecule has 0 spiro atoms. The lowest BCUT2D eigenvalue weighted by Gasteiger charge is -2.39. The van der Waals surface area contributed by atoms with Crippen molar-refractivity contribution in [2.24, 2.45) is 0 Å². The number of fused-ring (bicyclic) bond motifs is 1. The van der Waals surface area contributed by atoms with E-state index in [0.29, 0.717) is 17.2 Å². The van der Waals surface area contributed by atoms with Crippen LogP contribution < -0.4 is 10.9 Å². The molecular formula is C36H55ClN2O5Si2. The third-order valence-electron chi connectivity index (χ3n) is 8.96. The zero-order chi connectivity index (χ0) is 34.8. The Balaban J connectivity index is 2.37. The first-order valence-corrected chi connectivity index (χ1v) is 23.2. The first-order valence-electron chi connectivity index (χ1n) is 16.2. The van der Waals surface area contributed by atoms with Gasteiger partial charge in [-0.2, -0.15) is 0 Å². The summed E-state index contributed by atoms with van der Waals surface area (Å²) in [6.07, 6.45) is -0.773. The Kier molecular flexibility index (Phi) is 11.9. The van der Waals surface area contributed by atoms with E-state index in [1.54, 1.807) is 0 Å². The van der Waals surface area contributed by atoms with Crippen LogP contribution in [-0.2, 0) is 9.16 Å². The Morgan fingerprint density at radius 2 is 1.63 bits per heavy atom. The van der Waals surface area contributed by atoms with E-state index in [4.69, 9.17) is 20.8 Å². The largest absolute Gasteiger partial charge is 0.465 e. The smallest absolute Gasteiger partial charge is 0.404 e. The van der Waals surface area contributed by atoms with Gasteiger partial charge >= 0.3 is 6.09 Å². The topological polar surface area (TPSA) is 101 Å². The number of halogens is 1. The maximum Gasteiger partial charge on any atom is 0.404 e. The summed E-state index contributed by atoms with van der Waals surface area (Å²) >= 11 is 6.36. The number of amides is 1. The molecule has 3 aromatic rings. The number of hydrogen-bond donors (Lipinski definition) is 3. The summed E-state index contributed by atoms with van der Waals surface area (Å²) in [5.41, 5.74) is 4.53. The van der Waals surface area contributed by atoms with Gasteiger partial charge in [-0.1, -0.05) is 70.2 Å². The molecule has 0 saturated heterocycles. The Morgan fingerprint density at radius 1 is 1.02 bits per heavy atom. The summed E-state index contributed by atoms with van der Waals surface area (Å²) in [5.74, 6) is -0.276. The van der Waals surface area contributed by atoms with E-state index in [1.165, 1.54) is 0 Å². The Bertz CT molecular complexity index is 1580. The van der Waals surface area contributed by atoms with E-state index < -0.39 is 34.2 Å². The highest BCUT2D eigenvalue weighted by atomic mass is 35.5. The molecule has 0 aliphatic carbocycles. The van der Waals surface area contributed by atoms with Gasteiger partial charge in [0.05, 0.1) is 12.2 Å². The Hall–Kier alpha value is -2.44. The highest BCUT2D eigenvalue weighted by Gasteiger charge is 2.39. The van der Waals surface area contributed by atoms with Crippen molar-refractivity contribution in [2.75, 3.05) is 13.2 Å². The number of benzene rings is 2. The van der Waals surface area contributed by atoms with Gasteiger partial charge in [0.2, 0.25) is 0 Å². The lowest BCUT2D eigenvalue weighted by Crippen LogP contribution is -2.42. The van der Waals surface area contributed by atoms with Gasteiger partial charge in [0.25, 0.3) is 5.56 Å². The second kappa shape index (κ2) is 14.4. The van der Waals surface area contributed by atoms with Crippen LogP contribution in [0.1, 0.15) is 76.7 Å². The summed E-state index contributed by atoms with van der Waals surface area (Å²) in [6.45, 7) is 26.8. The summed E-state index contributed by atoms with van der Waals surface area (Å²) in [5, 5.41) is 13.5. The molecule has 2 atom stereocenters. The highest BCUT2D eigenvalue weighted by Crippen LogP contribution is 2.43. The molecule has 1 amide bonds. The van der Waals surface area contributed by atoms with Crippen LogP contribution in [0, 0.1) is 6.92 Å². The third kappa shape index (κ3) is 10.0. The van der Waals surface area contributed by atoms with Gasteiger partial charge in [0.15, 0.2) is 8.32 Å². The first-order chi connectivity index (χ1) is 21.0. The second-order valence-corrected chi connectivity index (χ2v) is 27.1. The van der Waals surface area contributed by atoms with Crippen LogP contribution in [-0.4, -0.2) is 51.3 Å². The molecule has 10 heteroatoms. The number of nitrogens with one attached hydrogen (secondary N) is 2. The molecule has 1 unspecified atom stereocenters. The number of hydrogen-bond acceptors (Lipinski definition) is 4. The second-order valence-electron chi connectivity index (χ2n) is 16.3. The van der Waals surface area contributed by atoms with Crippen molar-refractivity contribution in [3.8, 4) is 11.1 Å². The van der Waals surface area contributed by atoms with Gasteiger partial charge in [-0.3, -0.25) is 4.79 Å². The molecule has 0 aliphatic rings. The van der Waals surface area contributed by atoms with Gasteiger partial charge in [-0.25, -0.2) is 4.79 Å². The SMILES string of the molecule is Cc1cc2[nH]c(=O)c(C(CC[Si](C)(C)C)CNC(=O)O)cc2c(-c2ccc(Cl)cc2)c1[C@@H](CO[Si](C)(C)C(C)(C)C)OC(C)(C)C. The summed E-state index contributed by atoms with van der Waals surface area (Å²) in [7, 11) is -3.59. The Labute approximate surface area is 282 Å². The van der Waals surface area contributed by atoms with Gasteiger partial charge in [-0.05, 0) is 98.8 Å². The fourth-order valence-electron chi connectivity index (χ4n) is 5.45. The molecule has 254 valence electrons. The number of carbonyl (C=O) groups is 1. The molecule has 0 bridgehead atoms. The lowest BCUT2D eigenvalue weighted by atomic mass is 9.87. The van der Waals surface area contributed by atoms with Crippen molar-refractivity contribution in [1.82, 2.24) is 10.3 Å². The van der Waals surface area contributed by atoms with Gasteiger partial charge in [0.1, 0.15) is 6.10 Å². The van der Waals surface area contributed by atoms with Crippen molar-refractivity contribution in [3.05, 3.63) is 68.5 Å². The molecule has 1 heterocycles. The van der Waals surface area contributed by atoms with E-state index in [0.717, 1.165) is 45.6 Å². The molecule has 7 nitrogen and oxygen atoms in total. The first kappa shape index (κ1) is 38.0. The number of rotatable bonds is 12. The van der Waals surface area contributed by atoms with Crippen LogP contribution in [0.3, 0.4) is 0 Å². The van der Waals surface area contributed by atoms with Crippen molar-refractivity contribution in [3.63, 3.8) is 0 Å². The molecule has 0 aliphatic heterocycles. The molecule has 3 rings (SSSR count). The summed E-state index contributed by atoms with van der Waals surface area (Å²) in [6, 6.07) is 12.7. The zero-order valence-electron chi connectivity index (χ0n) is 29.9. The van der Waals surface area contributed by atoms with Crippen molar-refractivity contribution < 1.29 is 19.1 Å². The maximum absolute atomic E-state index is 13.7. The highest BCUT2D eigenvalue weighted by molar-refractivity contribution is 6.76. The van der Waals surface area contributed by atoms with Crippen molar-refractivity contribution >= 4 is 45.0 Å². The van der Waals surface area contributed by atoms with Crippen molar-refractivity contribution in [2.45, 2.75) is 116 Å². The monoisotopic (exact) mass is 686 g/mol. The fraction of sp³-hybridized carbons (Fsp3) is 0.556. The predicted octanol–water partition coefficient (Wildman–Crippen LogP) is 10.1. The van der Waals surface area contributed by atoms with Crippen LogP contribution in [0.25, 0.3) is 22.0 Å². The van der Waals surface area contributed by atoms with Crippen LogP contribution in [0.4, 0.5) is 4.79 Å². The minimum absolute atomic E-state index is 0.0278. The van der Waals surface area contributed by atoms with Crippen molar-refractivity contribution in [1.29, 1.82) is 0 Å². The molecule has 0 radical (unpaired) electrons. The average molecular weight is 687 g/mol. The number of H-pyrrole nitrogens is 1. The van der Waals surface area contributed by atoms with Crippen LogP contribution in [0.2, 0.25) is 48.8 Å². The number of carboxylic acid groups (broad SMARTS) is 1. The number of aromatic nitrogens is 1. The predicted molar refractivity (Wildman–Crippen MR) is 198 cm³/mol. The minimum atomic E-state index is -2.12. The maximum atomic E-state index is 13.7. The van der Waals surface area contributed by atoms with Crippen LogP contribution in [0.5, 0.6) is 0 Å². The molecular weight excluding hydrogens is 632 g/mol.